The minimum absolute atomic E-state index is 0.0277. The fourth-order valence-electron chi connectivity index (χ4n) is 2.24. The van der Waals surface area contributed by atoms with Crippen LogP contribution in [0.4, 0.5) is 24.5 Å². The number of aryl methyl sites for hydroxylation is 2. The molecule has 0 saturated heterocycles. The average molecular weight is 435 g/mol. The molecule has 0 bridgehead atoms. The first-order chi connectivity index (χ1) is 12.0. The van der Waals surface area contributed by atoms with Crippen LogP contribution in [0.3, 0.4) is 0 Å². The average Bonchev–Trinajstić information content (AvgIpc) is 2.82. The molecule has 1 N–H and O–H groups in total. The van der Waals surface area contributed by atoms with Gasteiger partial charge in [0.05, 0.1) is 21.6 Å². The van der Waals surface area contributed by atoms with Gasteiger partial charge in [-0.15, -0.1) is 0 Å². The molecule has 1 amide bonds. The lowest BCUT2D eigenvalue weighted by Gasteiger charge is -2.08. The van der Waals surface area contributed by atoms with Crippen LogP contribution in [-0.4, -0.2) is 20.6 Å². The number of amides is 1. The number of hydrogen-bond acceptors (Lipinski definition) is 4. The largest absolute Gasteiger partial charge is 0.436 e. The number of alkyl halides is 3. The maximum absolute atomic E-state index is 12.8. The van der Waals surface area contributed by atoms with Crippen molar-refractivity contribution >= 4 is 33.2 Å². The first kappa shape index (κ1) is 19.9. The van der Waals surface area contributed by atoms with Gasteiger partial charge in [0.2, 0.25) is 5.91 Å². The Kier molecular flexibility index (Phi) is 5.69. The van der Waals surface area contributed by atoms with Crippen LogP contribution >= 0.6 is 15.9 Å². The van der Waals surface area contributed by atoms with Crippen molar-refractivity contribution in [1.82, 2.24) is 9.78 Å². The summed E-state index contributed by atoms with van der Waals surface area (Å²) in [4.78, 5) is 22.5. The molecule has 0 spiro atoms. The highest BCUT2D eigenvalue weighted by Crippen LogP contribution is 2.35. The Bertz CT molecular complexity index is 865. The fourth-order valence-corrected chi connectivity index (χ4v) is 2.75. The monoisotopic (exact) mass is 434 g/mol. The van der Waals surface area contributed by atoms with Gasteiger partial charge in [-0.1, -0.05) is 6.07 Å². The van der Waals surface area contributed by atoms with E-state index in [0.29, 0.717) is 5.56 Å². The number of halogens is 4. The Morgan fingerprint density at radius 3 is 2.58 bits per heavy atom. The van der Waals surface area contributed by atoms with Crippen molar-refractivity contribution in [1.29, 1.82) is 0 Å². The smallest absolute Gasteiger partial charge is 0.320 e. The highest BCUT2D eigenvalue weighted by Gasteiger charge is 2.37. The predicted molar refractivity (Wildman–Crippen MR) is 90.7 cm³/mol. The maximum Gasteiger partial charge on any atom is 0.436 e. The summed E-state index contributed by atoms with van der Waals surface area (Å²) in [6.07, 6.45) is -4.81. The first-order valence-corrected chi connectivity index (χ1v) is 8.15. The zero-order valence-electron chi connectivity index (χ0n) is 13.7. The lowest BCUT2D eigenvalue weighted by Crippen LogP contribution is -2.17. The molecule has 0 unspecified atom stereocenters. The topological polar surface area (TPSA) is 90.1 Å². The fraction of sp³-hybridized carbons (Fsp3) is 0.333. The number of anilines is 1. The summed E-state index contributed by atoms with van der Waals surface area (Å²) in [6, 6.07) is 4.33. The zero-order chi connectivity index (χ0) is 19.6. The quantitative estimate of drug-likeness (QED) is 0.563. The van der Waals surface area contributed by atoms with E-state index in [-0.39, 0.29) is 34.5 Å². The van der Waals surface area contributed by atoms with E-state index in [4.69, 9.17) is 0 Å². The molecule has 0 aliphatic carbocycles. The highest BCUT2D eigenvalue weighted by atomic mass is 79.9. The third-order valence-corrected chi connectivity index (χ3v) is 4.53. The van der Waals surface area contributed by atoms with E-state index >= 15 is 0 Å². The van der Waals surface area contributed by atoms with E-state index in [0.717, 1.165) is 4.68 Å². The summed E-state index contributed by atoms with van der Waals surface area (Å²) in [5.74, 6) is -0.573. The van der Waals surface area contributed by atoms with Crippen molar-refractivity contribution in [3.8, 4) is 0 Å². The van der Waals surface area contributed by atoms with Gasteiger partial charge < -0.3 is 5.32 Å². The van der Waals surface area contributed by atoms with Gasteiger partial charge >= 0.3 is 6.18 Å². The molecule has 140 valence electrons. The van der Waals surface area contributed by atoms with Crippen LogP contribution in [0.5, 0.6) is 0 Å². The van der Waals surface area contributed by atoms with Crippen molar-refractivity contribution in [3.63, 3.8) is 0 Å². The summed E-state index contributed by atoms with van der Waals surface area (Å²) in [5, 5.41) is 16.9. The van der Waals surface area contributed by atoms with Crippen LogP contribution in [0, 0.1) is 24.0 Å². The van der Waals surface area contributed by atoms with Gasteiger partial charge in [0, 0.05) is 12.5 Å². The molecule has 0 fully saturated rings. The van der Waals surface area contributed by atoms with Crippen LogP contribution in [0.25, 0.3) is 0 Å². The summed E-state index contributed by atoms with van der Waals surface area (Å²) in [7, 11) is 0. The Morgan fingerprint density at radius 1 is 1.38 bits per heavy atom. The van der Waals surface area contributed by atoms with Crippen molar-refractivity contribution in [2.45, 2.75) is 33.0 Å². The van der Waals surface area contributed by atoms with E-state index in [1.165, 1.54) is 19.1 Å². The van der Waals surface area contributed by atoms with Crippen LogP contribution in [0.1, 0.15) is 23.4 Å². The molecule has 1 aromatic carbocycles. The van der Waals surface area contributed by atoms with E-state index < -0.39 is 22.7 Å². The summed E-state index contributed by atoms with van der Waals surface area (Å²) in [5.41, 5.74) is -0.405. The van der Waals surface area contributed by atoms with Gasteiger partial charge in [0.1, 0.15) is 5.69 Å². The van der Waals surface area contributed by atoms with E-state index in [1.807, 2.05) is 0 Å². The molecule has 1 aromatic heterocycles. The number of carbonyl (C=O) groups is 1. The molecular weight excluding hydrogens is 421 g/mol. The molecule has 2 rings (SSSR count). The number of nitro benzene ring substituents is 1. The summed E-state index contributed by atoms with van der Waals surface area (Å²) >= 11 is 2.85. The molecule has 11 heteroatoms. The Labute approximate surface area is 154 Å². The highest BCUT2D eigenvalue weighted by molar-refractivity contribution is 9.10. The van der Waals surface area contributed by atoms with Crippen LogP contribution in [0.2, 0.25) is 0 Å². The first-order valence-electron chi connectivity index (χ1n) is 7.35. The Morgan fingerprint density at radius 2 is 2.04 bits per heavy atom. The van der Waals surface area contributed by atoms with Crippen molar-refractivity contribution in [2.24, 2.45) is 0 Å². The molecule has 7 nitrogen and oxygen atoms in total. The number of hydrogen-bond donors (Lipinski definition) is 1. The van der Waals surface area contributed by atoms with Gasteiger partial charge in [0.25, 0.3) is 5.69 Å². The number of nitrogens with zero attached hydrogens (tertiary/aromatic N) is 3. The number of aromatic nitrogens is 2. The van der Waals surface area contributed by atoms with Gasteiger partial charge in [-0.05, 0) is 41.4 Å². The van der Waals surface area contributed by atoms with Crippen molar-refractivity contribution in [3.05, 3.63) is 49.7 Å². The second-order valence-corrected chi connectivity index (χ2v) is 6.34. The predicted octanol–water partition coefficient (Wildman–Crippen LogP) is 4.22. The molecule has 0 saturated carbocycles. The van der Waals surface area contributed by atoms with Crippen molar-refractivity contribution in [2.75, 3.05) is 5.32 Å². The van der Waals surface area contributed by atoms with E-state index in [2.05, 4.69) is 26.3 Å². The molecular formula is C15H14BrF3N4O3. The molecule has 0 atom stereocenters. The summed E-state index contributed by atoms with van der Waals surface area (Å²) in [6.45, 7) is 3.01. The second kappa shape index (κ2) is 7.44. The minimum Gasteiger partial charge on any atom is -0.320 e. The van der Waals surface area contributed by atoms with Gasteiger partial charge in [-0.25, -0.2) is 0 Å². The third kappa shape index (κ3) is 4.40. The number of rotatable bonds is 5. The van der Waals surface area contributed by atoms with Crippen LogP contribution in [-0.2, 0) is 17.5 Å². The number of carbonyl (C=O) groups excluding carboxylic acids is 1. The van der Waals surface area contributed by atoms with Gasteiger partial charge in [-0.2, -0.15) is 18.3 Å². The Balaban J connectivity index is 2.10. The van der Waals surface area contributed by atoms with Crippen LogP contribution < -0.4 is 5.32 Å². The third-order valence-electron chi connectivity index (χ3n) is 3.58. The second-order valence-electron chi connectivity index (χ2n) is 5.54. The number of benzene rings is 1. The number of nitro groups is 1. The van der Waals surface area contributed by atoms with Gasteiger partial charge in [0.15, 0.2) is 5.69 Å². The maximum atomic E-state index is 12.8. The molecule has 2 aromatic rings. The molecule has 1 heterocycles. The molecule has 0 aliphatic heterocycles. The van der Waals surface area contributed by atoms with E-state index in [9.17, 15) is 28.1 Å². The SMILES string of the molecule is Cc1ccc(NC(=O)CCn2nc(C(F)(F)F)c(Br)c2C)c([N+](=O)[O-])c1. The Hall–Kier alpha value is -2.43. The molecule has 0 radical (unpaired) electrons. The lowest BCUT2D eigenvalue weighted by atomic mass is 10.2. The molecule has 26 heavy (non-hydrogen) atoms. The van der Waals surface area contributed by atoms with Crippen LogP contribution in [0.15, 0.2) is 22.7 Å². The molecule has 0 aliphatic rings. The normalized spacial score (nSPS) is 11.5. The minimum atomic E-state index is -4.61. The van der Waals surface area contributed by atoms with Gasteiger partial charge in [-0.3, -0.25) is 19.6 Å². The summed E-state index contributed by atoms with van der Waals surface area (Å²) < 4.78 is 39.4. The van der Waals surface area contributed by atoms with E-state index in [1.54, 1.807) is 13.0 Å². The number of nitrogens with one attached hydrogen (secondary N) is 1. The standard InChI is InChI=1S/C15H14BrF3N4O3/c1-8-3-4-10(11(7-8)23(25)26)20-12(24)5-6-22-9(2)13(16)14(21-22)15(17,18)19/h3-4,7H,5-6H2,1-2H3,(H,20,24). The zero-order valence-corrected chi connectivity index (χ0v) is 15.3. The lowest BCUT2D eigenvalue weighted by molar-refractivity contribution is -0.384. The van der Waals surface area contributed by atoms with Crippen molar-refractivity contribution < 1.29 is 22.9 Å².